The predicted molar refractivity (Wildman–Crippen MR) is 251 cm³/mol. The van der Waals surface area contributed by atoms with Crippen LogP contribution in [-0.2, 0) is 4.57 Å². The maximum Gasteiger partial charge on any atom is 3.00 e. The van der Waals surface area contributed by atoms with Crippen molar-refractivity contribution in [3.05, 3.63) is 129 Å². The first-order valence-electron chi connectivity index (χ1n) is 18.8. The molecule has 0 saturated heterocycles. The summed E-state index contributed by atoms with van der Waals surface area (Å²) >= 11 is 0. The molecule has 0 heterocycles. The molecule has 0 radical (unpaired) electrons. The van der Waals surface area contributed by atoms with Gasteiger partial charge in [-0.2, -0.15) is 0 Å². The second-order valence-corrected chi connectivity index (χ2v) is 40.6. The van der Waals surface area contributed by atoms with Crippen LogP contribution in [0, 0.1) is 54.9 Å². The van der Waals surface area contributed by atoms with E-state index in [1.165, 1.54) is 0 Å². The Morgan fingerprint density at radius 3 is 1.22 bits per heavy atom. The summed E-state index contributed by atoms with van der Waals surface area (Å²) in [6, 6.07) is 33.4. The van der Waals surface area contributed by atoms with Gasteiger partial charge in [0.15, 0.2) is 7.14 Å². The van der Waals surface area contributed by atoms with Gasteiger partial charge in [-0.3, -0.25) is 0 Å². The van der Waals surface area contributed by atoms with E-state index in [2.05, 4.69) is 125 Å². The summed E-state index contributed by atoms with van der Waals surface area (Å²) in [5, 5.41) is 7.40. The molecule has 0 spiro atoms. The first kappa shape index (κ1) is 50.6. The van der Waals surface area contributed by atoms with E-state index in [4.69, 9.17) is 19.6 Å². The van der Waals surface area contributed by atoms with Crippen LogP contribution in [0.15, 0.2) is 108 Å². The summed E-state index contributed by atoms with van der Waals surface area (Å²) in [6.45, 7) is 38.0. The van der Waals surface area contributed by atoms with Gasteiger partial charge in [0.2, 0.25) is 0 Å². The molecule has 0 aliphatic rings. The summed E-state index contributed by atoms with van der Waals surface area (Å²) in [7, 11) is -7.60. The molecule has 0 unspecified atom stereocenters. The van der Waals surface area contributed by atoms with E-state index < -0.39 is 40.1 Å². The Kier molecular flexibility index (Phi) is 19.5. The number of nitrogens with zero attached hydrogens (tertiary/aromatic N) is 4. The van der Waals surface area contributed by atoms with Crippen molar-refractivity contribution in [1.29, 1.82) is 0 Å². The number of benzene rings is 4. The Hall–Kier alpha value is -1.44. The van der Waals surface area contributed by atoms with Gasteiger partial charge in [-0.15, -0.1) is 0 Å². The maximum atomic E-state index is 15.0. The van der Waals surface area contributed by atoms with Gasteiger partial charge in [0.05, 0.1) is 0 Å². The van der Waals surface area contributed by atoms with Gasteiger partial charge in [0.25, 0.3) is 0 Å². The van der Waals surface area contributed by atoms with E-state index in [-0.39, 0.29) is 41.0 Å². The fourth-order valence-electron chi connectivity index (χ4n) is 6.10. The molecule has 11 heteroatoms. The molecule has 290 valence electrons. The van der Waals surface area contributed by atoms with Crippen molar-refractivity contribution in [3.63, 3.8) is 0 Å². The SMILES string of the molecule is C[Si](C)(C)[N-][Si](C)(C)C.C[Si](C)(C)[N-][Si](C)(C)C.Cc1cccc(C)c1N=C([N-]c1ccccc1P(=O)(c1ccccc1)c1ccccc1)C(C)(C)C.[La+3]. The van der Waals surface area contributed by atoms with Crippen molar-refractivity contribution in [2.45, 2.75) is 113 Å². The summed E-state index contributed by atoms with van der Waals surface area (Å²) in [5.74, 6) is 0.704. The molecule has 0 aliphatic carbocycles. The van der Waals surface area contributed by atoms with Crippen LogP contribution in [0.4, 0.5) is 11.4 Å². The number of aliphatic imine (C=N–C) groups is 1. The van der Waals surface area contributed by atoms with Crippen molar-refractivity contribution in [1.82, 2.24) is 0 Å². The molecule has 5 nitrogen and oxygen atoms in total. The molecule has 54 heavy (non-hydrogen) atoms. The normalized spacial score (nSPS) is 12.7. The Balaban J connectivity index is 0.000000636. The molecular weight excluding hydrogens is 871 g/mol. The van der Waals surface area contributed by atoms with Crippen LogP contribution in [0.5, 0.6) is 0 Å². The number of hydrogen-bond donors (Lipinski definition) is 0. The van der Waals surface area contributed by atoms with Gasteiger partial charge < -0.3 is 24.2 Å². The standard InChI is InChI=1S/C31H32N2OP.2C6H18NSi2.La/c1-23-15-14-16-24(2)29(23)33-30(31(3,4)5)32-27-21-12-13-22-28(27)35(34,25-17-8-6-9-18-25)26-19-10-7-11-20-26;2*1-8(2,3)7-9(4,5)6;/h6-22H,1-5H3;2*1-6H3;/q3*-1;+3. The first-order valence-corrected chi connectivity index (χ1v) is 34.3. The van der Waals surface area contributed by atoms with Crippen LogP contribution >= 0.6 is 7.14 Å². The van der Waals surface area contributed by atoms with E-state index >= 15 is 4.57 Å². The Bertz CT molecular complexity index is 1710. The number of hydrogen-bond acceptors (Lipinski definition) is 2. The average molecular weight is 939 g/mol. The van der Waals surface area contributed by atoms with Gasteiger partial charge >= 0.3 is 35.6 Å². The Labute approximate surface area is 362 Å². The second kappa shape index (κ2) is 20.8. The van der Waals surface area contributed by atoms with Gasteiger partial charge in [0.1, 0.15) is 0 Å². The minimum absolute atomic E-state index is 0. The van der Waals surface area contributed by atoms with Crippen LogP contribution in [0.25, 0.3) is 14.6 Å². The van der Waals surface area contributed by atoms with Crippen LogP contribution in [0.1, 0.15) is 31.9 Å². The Morgan fingerprint density at radius 2 is 0.889 bits per heavy atom. The van der Waals surface area contributed by atoms with Crippen molar-refractivity contribution in [2.75, 3.05) is 0 Å². The molecular formula is C43H68LaN4OPSi4. The zero-order chi connectivity index (χ0) is 40.5. The largest absolute Gasteiger partial charge is 3.00 e. The quantitative estimate of drug-likeness (QED) is 0.0713. The summed E-state index contributed by atoms with van der Waals surface area (Å²) in [5.41, 5.74) is 3.52. The van der Waals surface area contributed by atoms with E-state index in [0.29, 0.717) is 11.5 Å². The van der Waals surface area contributed by atoms with Gasteiger partial charge in [-0.05, 0) is 41.8 Å². The molecule has 0 fully saturated rings. The third-order valence-corrected chi connectivity index (χ3v) is 21.2. The zero-order valence-electron chi connectivity index (χ0n) is 36.5. The van der Waals surface area contributed by atoms with Crippen LogP contribution in [0.2, 0.25) is 78.6 Å². The average Bonchev–Trinajstić information content (AvgIpc) is 2.99. The van der Waals surface area contributed by atoms with Crippen molar-refractivity contribution >= 4 is 73.2 Å². The summed E-state index contributed by atoms with van der Waals surface area (Å²) < 4.78 is 24.7. The molecule has 0 bridgehead atoms. The number of aryl methyl sites for hydroxylation is 2. The van der Waals surface area contributed by atoms with Crippen LogP contribution in [0.3, 0.4) is 0 Å². The topological polar surface area (TPSA) is 71.7 Å². The summed E-state index contributed by atoms with van der Waals surface area (Å²) in [4.78, 5) is 5.05. The van der Waals surface area contributed by atoms with Gasteiger partial charge in [-0.1, -0.05) is 241 Å². The van der Waals surface area contributed by atoms with Gasteiger partial charge in [-0.25, -0.2) is 0 Å². The second-order valence-electron chi connectivity index (χ2n) is 18.7. The molecule has 4 aromatic rings. The third kappa shape index (κ3) is 17.8. The minimum Gasteiger partial charge on any atom is -0.668 e. The van der Waals surface area contributed by atoms with Crippen molar-refractivity contribution in [3.8, 4) is 0 Å². The fraction of sp³-hybridized carbons (Fsp3) is 0.419. The number of rotatable bonds is 9. The third-order valence-electron chi connectivity index (χ3n) is 7.36. The predicted octanol–water partition coefficient (Wildman–Crippen LogP) is 13.8. The number of para-hydroxylation sites is 2. The monoisotopic (exact) mass is 938 g/mol. The van der Waals surface area contributed by atoms with Crippen molar-refractivity contribution < 1.29 is 40.2 Å². The molecule has 0 atom stereocenters. The van der Waals surface area contributed by atoms with Crippen LogP contribution in [-0.4, -0.2) is 38.8 Å². The number of amidine groups is 1. The Morgan fingerprint density at radius 1 is 0.537 bits per heavy atom. The molecule has 0 amide bonds. The fourth-order valence-corrected chi connectivity index (χ4v) is 25.0. The zero-order valence-corrected chi connectivity index (χ0v) is 45.1. The minimum atomic E-state index is -3.17. The first-order chi connectivity index (χ1) is 24.1. The molecule has 0 saturated carbocycles. The van der Waals surface area contributed by atoms with E-state index in [0.717, 1.165) is 32.7 Å². The van der Waals surface area contributed by atoms with E-state index in [1.54, 1.807) is 0 Å². The smallest absolute Gasteiger partial charge is 0.668 e. The summed E-state index contributed by atoms with van der Waals surface area (Å²) in [6.07, 6.45) is 0. The van der Waals surface area contributed by atoms with Crippen molar-refractivity contribution in [2.24, 2.45) is 10.4 Å². The maximum absolute atomic E-state index is 15.0. The molecule has 0 aliphatic heterocycles. The molecule has 0 N–H and O–H groups in total. The van der Waals surface area contributed by atoms with E-state index in [1.807, 2.05) is 91.0 Å². The van der Waals surface area contributed by atoms with Gasteiger partial charge in [0, 0.05) is 15.9 Å². The molecule has 4 rings (SSSR count). The molecule has 4 aromatic carbocycles. The molecule has 0 aromatic heterocycles. The van der Waals surface area contributed by atoms with E-state index in [9.17, 15) is 0 Å². The van der Waals surface area contributed by atoms with Crippen LogP contribution < -0.4 is 15.9 Å².